The lowest BCUT2D eigenvalue weighted by atomic mass is 10.0. The molecule has 0 N–H and O–H groups in total. The molecule has 136 valence electrons. The number of aromatic nitrogens is 3. The Morgan fingerprint density at radius 2 is 1.78 bits per heavy atom. The zero-order chi connectivity index (χ0) is 18.2. The van der Waals surface area contributed by atoms with Gasteiger partial charge in [-0.15, -0.1) is 10.2 Å². The lowest BCUT2D eigenvalue weighted by Crippen LogP contribution is -2.23. The van der Waals surface area contributed by atoms with E-state index < -0.39 is 0 Å². The highest BCUT2D eigenvalue weighted by atomic mass is 15.3. The molecule has 0 radical (unpaired) electrons. The van der Waals surface area contributed by atoms with Crippen LogP contribution in [0.5, 0.6) is 0 Å². The normalized spacial score (nSPS) is 15.9. The third-order valence-corrected chi connectivity index (χ3v) is 5.30. The van der Waals surface area contributed by atoms with Crippen molar-refractivity contribution in [2.24, 2.45) is 10.9 Å². The van der Waals surface area contributed by atoms with Crippen molar-refractivity contribution in [1.82, 2.24) is 19.7 Å². The summed E-state index contributed by atoms with van der Waals surface area (Å²) in [6.45, 7) is 2.48. The number of para-hydroxylation sites is 1. The summed E-state index contributed by atoms with van der Waals surface area (Å²) in [6.07, 6.45) is 2.72. The number of hydrogen-bond acceptors (Lipinski definition) is 4. The van der Waals surface area contributed by atoms with Crippen LogP contribution < -0.4 is 0 Å². The van der Waals surface area contributed by atoms with E-state index in [9.17, 15) is 0 Å². The Bertz CT molecular complexity index is 985. The Hall–Kier alpha value is -2.79. The number of hydrogen-bond donors (Lipinski definition) is 0. The van der Waals surface area contributed by atoms with E-state index in [2.05, 4.69) is 75.2 Å². The van der Waals surface area contributed by atoms with Gasteiger partial charge in [-0.3, -0.25) is 14.5 Å². The molecule has 1 saturated carbocycles. The third kappa shape index (κ3) is 3.19. The maximum atomic E-state index is 4.91. The molecule has 5 heteroatoms. The molecule has 0 bridgehead atoms. The van der Waals surface area contributed by atoms with Crippen LogP contribution >= 0.6 is 0 Å². The lowest BCUT2D eigenvalue weighted by molar-refractivity contribution is 0.303. The van der Waals surface area contributed by atoms with Crippen molar-refractivity contribution in [3.05, 3.63) is 77.4 Å². The smallest absolute Gasteiger partial charge is 0.159 e. The summed E-state index contributed by atoms with van der Waals surface area (Å²) in [7, 11) is 2.18. The van der Waals surface area contributed by atoms with Crippen LogP contribution in [0.3, 0.4) is 0 Å². The van der Waals surface area contributed by atoms with Crippen molar-refractivity contribution in [3.8, 4) is 5.69 Å². The molecule has 2 aromatic carbocycles. The van der Waals surface area contributed by atoms with Crippen molar-refractivity contribution in [1.29, 1.82) is 0 Å². The van der Waals surface area contributed by atoms with Crippen LogP contribution in [-0.4, -0.2) is 39.0 Å². The van der Waals surface area contributed by atoms with E-state index in [4.69, 9.17) is 4.99 Å². The average Bonchev–Trinajstić information content (AvgIpc) is 3.45. The zero-order valence-electron chi connectivity index (χ0n) is 15.5. The van der Waals surface area contributed by atoms with Gasteiger partial charge in [-0.25, -0.2) is 0 Å². The van der Waals surface area contributed by atoms with Crippen LogP contribution in [0.2, 0.25) is 0 Å². The minimum Gasteiger partial charge on any atom is -0.299 e. The Labute approximate surface area is 159 Å². The van der Waals surface area contributed by atoms with Gasteiger partial charge < -0.3 is 0 Å². The van der Waals surface area contributed by atoms with Crippen LogP contribution in [0.4, 0.5) is 0 Å². The fourth-order valence-corrected chi connectivity index (χ4v) is 3.83. The minimum absolute atomic E-state index is 0.540. The van der Waals surface area contributed by atoms with E-state index in [1.54, 1.807) is 0 Å². The molecular formula is C22H23N5. The van der Waals surface area contributed by atoms with Gasteiger partial charge in [0.1, 0.15) is 6.54 Å². The Balaban J connectivity index is 1.56. The number of fused-ring (bicyclic) bond motifs is 3. The van der Waals surface area contributed by atoms with Gasteiger partial charge in [0.25, 0.3) is 0 Å². The molecule has 1 fully saturated rings. The molecule has 3 aromatic rings. The van der Waals surface area contributed by atoms with Gasteiger partial charge in [0.15, 0.2) is 11.6 Å². The van der Waals surface area contributed by atoms with Crippen LogP contribution in [0, 0.1) is 5.92 Å². The molecular weight excluding hydrogens is 334 g/mol. The molecule has 27 heavy (non-hydrogen) atoms. The molecule has 1 aliphatic heterocycles. The summed E-state index contributed by atoms with van der Waals surface area (Å²) >= 11 is 0. The van der Waals surface area contributed by atoms with Crippen molar-refractivity contribution in [2.75, 3.05) is 13.6 Å². The molecule has 5 rings (SSSR count). The standard InChI is InChI=1S/C22H23N5/c1-26(14-16-11-12-16)15-21-25-24-20-13-23-22(17-7-3-2-4-8-17)18-9-5-6-10-19(18)27(20)21/h2-10,16H,11-15H2,1H3. The van der Waals surface area contributed by atoms with Gasteiger partial charge >= 0.3 is 0 Å². The largest absolute Gasteiger partial charge is 0.299 e. The summed E-state index contributed by atoms with van der Waals surface area (Å²) in [5.41, 5.74) is 4.41. The first-order chi connectivity index (χ1) is 13.3. The molecule has 1 aliphatic carbocycles. The van der Waals surface area contributed by atoms with Crippen LogP contribution in [-0.2, 0) is 13.1 Å². The van der Waals surface area contributed by atoms with Crippen molar-refractivity contribution >= 4 is 5.71 Å². The summed E-state index contributed by atoms with van der Waals surface area (Å²) < 4.78 is 2.21. The highest BCUT2D eigenvalue weighted by molar-refractivity contribution is 6.15. The maximum Gasteiger partial charge on any atom is 0.159 e. The first-order valence-corrected chi connectivity index (χ1v) is 9.61. The molecule has 0 spiro atoms. The van der Waals surface area contributed by atoms with Crippen LogP contribution in [0.15, 0.2) is 59.6 Å². The maximum absolute atomic E-state index is 4.91. The van der Waals surface area contributed by atoms with Crippen molar-refractivity contribution < 1.29 is 0 Å². The first kappa shape index (κ1) is 16.4. The zero-order valence-corrected chi connectivity index (χ0v) is 15.5. The van der Waals surface area contributed by atoms with Crippen LogP contribution in [0.25, 0.3) is 5.69 Å². The van der Waals surface area contributed by atoms with E-state index in [1.807, 2.05) is 6.07 Å². The Kier molecular flexibility index (Phi) is 4.09. The Morgan fingerprint density at radius 3 is 2.59 bits per heavy atom. The summed E-state index contributed by atoms with van der Waals surface area (Å²) in [4.78, 5) is 7.27. The van der Waals surface area contributed by atoms with Gasteiger partial charge in [0.05, 0.1) is 17.9 Å². The number of rotatable bonds is 5. The summed E-state index contributed by atoms with van der Waals surface area (Å²) in [5, 5.41) is 8.98. The lowest BCUT2D eigenvalue weighted by Gasteiger charge is -2.18. The van der Waals surface area contributed by atoms with E-state index in [0.29, 0.717) is 6.54 Å². The van der Waals surface area contributed by atoms with Gasteiger partial charge in [-0.1, -0.05) is 48.5 Å². The van der Waals surface area contributed by atoms with Crippen molar-refractivity contribution in [2.45, 2.75) is 25.9 Å². The van der Waals surface area contributed by atoms with E-state index in [1.165, 1.54) is 12.8 Å². The summed E-state index contributed by atoms with van der Waals surface area (Å²) in [5.74, 6) is 2.76. The molecule has 5 nitrogen and oxygen atoms in total. The second-order valence-electron chi connectivity index (χ2n) is 7.56. The highest BCUT2D eigenvalue weighted by Gasteiger charge is 2.26. The first-order valence-electron chi connectivity index (χ1n) is 9.61. The van der Waals surface area contributed by atoms with Gasteiger partial charge in [-0.05, 0) is 31.9 Å². The quantitative estimate of drug-likeness (QED) is 0.702. The molecule has 1 aromatic heterocycles. The highest BCUT2D eigenvalue weighted by Crippen LogP contribution is 2.30. The van der Waals surface area contributed by atoms with Gasteiger partial charge in [-0.2, -0.15) is 0 Å². The fourth-order valence-electron chi connectivity index (χ4n) is 3.83. The van der Waals surface area contributed by atoms with Crippen LogP contribution in [0.1, 0.15) is 35.6 Å². The molecule has 2 aliphatic rings. The predicted octanol–water partition coefficient (Wildman–Crippen LogP) is 3.46. The number of benzene rings is 2. The SMILES string of the molecule is CN(Cc1nnc2n1-c1ccccc1C(c1ccccc1)=NC2)CC1CC1. The Morgan fingerprint density at radius 1 is 1.00 bits per heavy atom. The van der Waals surface area contributed by atoms with E-state index >= 15 is 0 Å². The van der Waals surface area contributed by atoms with Gasteiger partial charge in [0.2, 0.25) is 0 Å². The molecule has 0 amide bonds. The average molecular weight is 357 g/mol. The third-order valence-electron chi connectivity index (χ3n) is 5.30. The molecule has 0 unspecified atom stereocenters. The van der Waals surface area contributed by atoms with E-state index in [0.717, 1.165) is 53.2 Å². The predicted molar refractivity (Wildman–Crippen MR) is 106 cm³/mol. The number of nitrogens with zero attached hydrogens (tertiary/aromatic N) is 5. The minimum atomic E-state index is 0.540. The molecule has 0 atom stereocenters. The van der Waals surface area contributed by atoms with E-state index in [-0.39, 0.29) is 0 Å². The molecule has 2 heterocycles. The number of aliphatic imine (C=N–C) groups is 1. The second-order valence-corrected chi connectivity index (χ2v) is 7.56. The topological polar surface area (TPSA) is 46.3 Å². The fraction of sp³-hybridized carbons (Fsp3) is 0.318. The van der Waals surface area contributed by atoms with Crippen molar-refractivity contribution in [3.63, 3.8) is 0 Å². The summed E-state index contributed by atoms with van der Waals surface area (Å²) in [6, 6.07) is 18.8. The second kappa shape index (κ2) is 6.74. The van der Waals surface area contributed by atoms with Gasteiger partial charge in [0, 0.05) is 17.7 Å². The molecule has 0 saturated heterocycles. The monoisotopic (exact) mass is 357 g/mol.